The summed E-state index contributed by atoms with van der Waals surface area (Å²) < 4.78 is 2.37. The predicted octanol–water partition coefficient (Wildman–Crippen LogP) is 9.18. The number of aromatic nitrogens is 1. The molecule has 0 radical (unpaired) electrons. The van der Waals surface area contributed by atoms with Gasteiger partial charge in [0.1, 0.15) is 0 Å². The highest BCUT2D eigenvalue weighted by molar-refractivity contribution is 6.10. The summed E-state index contributed by atoms with van der Waals surface area (Å²) in [7, 11) is 0. The quantitative estimate of drug-likeness (QED) is 0.242. The molecule has 0 spiro atoms. The Balaban J connectivity index is 1.27. The van der Waals surface area contributed by atoms with Crippen LogP contribution in [0.1, 0.15) is 11.5 Å². The fourth-order valence-corrected chi connectivity index (χ4v) is 6.43. The van der Waals surface area contributed by atoms with Crippen LogP contribution in [0.4, 0.5) is 11.4 Å². The molecule has 8 rings (SSSR count). The molecule has 2 aliphatic rings. The van der Waals surface area contributed by atoms with Crippen LogP contribution in [0.2, 0.25) is 0 Å². The second-order valence-corrected chi connectivity index (χ2v) is 10.2. The van der Waals surface area contributed by atoms with E-state index in [9.17, 15) is 0 Å². The first-order valence-electron chi connectivity index (χ1n) is 13.3. The van der Waals surface area contributed by atoms with E-state index < -0.39 is 0 Å². The van der Waals surface area contributed by atoms with E-state index in [1.54, 1.807) is 0 Å². The highest BCUT2D eigenvalue weighted by Crippen LogP contribution is 2.48. The van der Waals surface area contributed by atoms with Gasteiger partial charge in [0.2, 0.25) is 0 Å². The van der Waals surface area contributed by atoms with Gasteiger partial charge in [-0.2, -0.15) is 0 Å². The standard InChI is InChI=1S/C36H26N2/c1-2-12-27(13-3-1)37-35-20-9-6-17-31(35)32-24-26(21-22-36(32)37)25-11-10-14-28(23-25)38-33-18-7-4-15-29(33)30-16-5-8-19-34(30)38/h1-24,29,33H. The van der Waals surface area contributed by atoms with Gasteiger partial charge in [-0.1, -0.05) is 97.1 Å². The molecule has 2 atom stereocenters. The van der Waals surface area contributed by atoms with Gasteiger partial charge in [-0.05, 0) is 65.2 Å². The lowest BCUT2D eigenvalue weighted by Gasteiger charge is -2.29. The first-order chi connectivity index (χ1) is 18.9. The Morgan fingerprint density at radius 3 is 2.18 bits per heavy atom. The highest BCUT2D eigenvalue weighted by atomic mass is 15.2. The van der Waals surface area contributed by atoms with E-state index in [4.69, 9.17) is 0 Å². The van der Waals surface area contributed by atoms with Crippen LogP contribution in [0.3, 0.4) is 0 Å². The van der Waals surface area contributed by atoms with Crippen LogP contribution in [0.25, 0.3) is 38.6 Å². The van der Waals surface area contributed by atoms with Gasteiger partial charge in [0.15, 0.2) is 0 Å². The van der Waals surface area contributed by atoms with Gasteiger partial charge in [-0.15, -0.1) is 0 Å². The molecule has 2 nitrogen and oxygen atoms in total. The molecule has 5 aromatic carbocycles. The van der Waals surface area contributed by atoms with Crippen molar-refractivity contribution in [3.8, 4) is 16.8 Å². The normalized spacial score (nSPS) is 17.7. The first-order valence-corrected chi connectivity index (χ1v) is 13.3. The van der Waals surface area contributed by atoms with Gasteiger partial charge in [0.25, 0.3) is 0 Å². The van der Waals surface area contributed by atoms with E-state index in [0.717, 1.165) is 0 Å². The SMILES string of the molecule is C1=CC2c3ccccc3N(c3cccc(-c4ccc5c(c4)c4ccccc4n5-c4ccccc4)c3)C2C=C1. The first kappa shape index (κ1) is 21.3. The summed E-state index contributed by atoms with van der Waals surface area (Å²) in [6, 6.07) is 44.4. The molecule has 0 saturated carbocycles. The van der Waals surface area contributed by atoms with Crippen molar-refractivity contribution in [3.63, 3.8) is 0 Å². The Kier molecular flexibility index (Phi) is 4.68. The second kappa shape index (κ2) is 8.36. The third-order valence-corrected chi connectivity index (χ3v) is 8.10. The van der Waals surface area contributed by atoms with E-state index in [-0.39, 0.29) is 0 Å². The van der Waals surface area contributed by atoms with Crippen LogP contribution in [0, 0.1) is 0 Å². The molecule has 0 fully saturated rings. The van der Waals surface area contributed by atoms with Crippen LogP contribution < -0.4 is 4.90 Å². The van der Waals surface area contributed by atoms with Gasteiger partial charge in [-0.25, -0.2) is 0 Å². The lowest BCUT2D eigenvalue weighted by Crippen LogP contribution is -2.28. The maximum Gasteiger partial charge on any atom is 0.0629 e. The van der Waals surface area contributed by atoms with Gasteiger partial charge >= 0.3 is 0 Å². The molecule has 1 aliphatic carbocycles. The molecule has 0 N–H and O–H groups in total. The van der Waals surface area contributed by atoms with Crippen molar-refractivity contribution in [3.05, 3.63) is 151 Å². The second-order valence-electron chi connectivity index (χ2n) is 10.2. The number of allylic oxidation sites excluding steroid dienone is 2. The number of hydrogen-bond acceptors (Lipinski definition) is 1. The zero-order valence-electron chi connectivity index (χ0n) is 20.9. The third kappa shape index (κ3) is 3.13. The number of fused-ring (bicyclic) bond motifs is 6. The number of nitrogens with zero attached hydrogens (tertiary/aromatic N) is 2. The minimum atomic E-state index is 0.305. The number of anilines is 2. The third-order valence-electron chi connectivity index (χ3n) is 8.10. The Labute approximate surface area is 222 Å². The molecule has 0 bridgehead atoms. The molecule has 0 saturated heterocycles. The number of rotatable bonds is 3. The van der Waals surface area contributed by atoms with E-state index in [2.05, 4.69) is 155 Å². The van der Waals surface area contributed by atoms with Gasteiger partial charge in [-0.3, -0.25) is 0 Å². The molecule has 180 valence electrons. The lowest BCUT2D eigenvalue weighted by atomic mass is 9.91. The van der Waals surface area contributed by atoms with E-state index in [0.29, 0.717) is 12.0 Å². The van der Waals surface area contributed by atoms with Crippen molar-refractivity contribution >= 4 is 33.2 Å². The van der Waals surface area contributed by atoms with Crippen LogP contribution in [0.5, 0.6) is 0 Å². The number of benzene rings is 5. The van der Waals surface area contributed by atoms with Crippen molar-refractivity contribution in [1.29, 1.82) is 0 Å². The van der Waals surface area contributed by atoms with Gasteiger partial charge in [0.05, 0.1) is 17.1 Å². The summed E-state index contributed by atoms with van der Waals surface area (Å²) in [5.41, 5.74) is 10.1. The Bertz CT molecular complexity index is 1890. The van der Waals surface area contributed by atoms with Gasteiger partial charge in [0, 0.05) is 33.8 Å². The molecule has 1 aliphatic heterocycles. The molecular weight excluding hydrogens is 460 g/mol. The van der Waals surface area contributed by atoms with Crippen LogP contribution in [-0.4, -0.2) is 10.6 Å². The zero-order chi connectivity index (χ0) is 25.1. The maximum atomic E-state index is 2.50. The molecule has 1 aromatic heterocycles. The predicted molar refractivity (Wildman–Crippen MR) is 160 cm³/mol. The van der Waals surface area contributed by atoms with Crippen molar-refractivity contribution in [1.82, 2.24) is 4.57 Å². The summed E-state index contributed by atoms with van der Waals surface area (Å²) in [5, 5.41) is 2.55. The maximum absolute atomic E-state index is 2.50. The Hall–Kier alpha value is -4.82. The van der Waals surface area contributed by atoms with Crippen molar-refractivity contribution in [2.45, 2.75) is 12.0 Å². The van der Waals surface area contributed by atoms with E-state index in [1.165, 1.54) is 55.6 Å². The topological polar surface area (TPSA) is 8.17 Å². The van der Waals surface area contributed by atoms with Crippen molar-refractivity contribution in [2.75, 3.05) is 4.90 Å². The molecule has 38 heavy (non-hydrogen) atoms. The lowest BCUT2D eigenvalue weighted by molar-refractivity contribution is 0.745. The molecule has 2 heterocycles. The Morgan fingerprint density at radius 1 is 0.500 bits per heavy atom. The van der Waals surface area contributed by atoms with Crippen LogP contribution >= 0.6 is 0 Å². The largest absolute Gasteiger partial charge is 0.333 e. The molecule has 6 aromatic rings. The van der Waals surface area contributed by atoms with Crippen molar-refractivity contribution in [2.24, 2.45) is 0 Å². The van der Waals surface area contributed by atoms with Crippen LogP contribution in [0.15, 0.2) is 146 Å². The summed E-state index contributed by atoms with van der Waals surface area (Å²) >= 11 is 0. The van der Waals surface area contributed by atoms with E-state index >= 15 is 0 Å². The summed E-state index contributed by atoms with van der Waals surface area (Å²) in [6.45, 7) is 0. The van der Waals surface area contributed by atoms with Crippen molar-refractivity contribution < 1.29 is 0 Å². The molecular formula is C36H26N2. The fraction of sp³-hybridized carbons (Fsp3) is 0.0556. The highest BCUT2D eigenvalue weighted by Gasteiger charge is 2.36. The minimum absolute atomic E-state index is 0.305. The molecule has 0 amide bonds. The summed E-state index contributed by atoms with van der Waals surface area (Å²) in [5.74, 6) is 0.389. The Morgan fingerprint density at radius 2 is 1.24 bits per heavy atom. The summed E-state index contributed by atoms with van der Waals surface area (Å²) in [6.07, 6.45) is 9.03. The smallest absolute Gasteiger partial charge is 0.0629 e. The van der Waals surface area contributed by atoms with E-state index in [1.807, 2.05) is 0 Å². The molecule has 2 unspecified atom stereocenters. The zero-order valence-corrected chi connectivity index (χ0v) is 20.9. The number of para-hydroxylation sites is 3. The summed E-state index contributed by atoms with van der Waals surface area (Å²) in [4.78, 5) is 2.50. The number of hydrogen-bond donors (Lipinski definition) is 0. The monoisotopic (exact) mass is 486 g/mol. The fourth-order valence-electron chi connectivity index (χ4n) is 6.43. The van der Waals surface area contributed by atoms with Crippen LogP contribution in [-0.2, 0) is 0 Å². The average molecular weight is 487 g/mol. The average Bonchev–Trinajstić information content (AvgIpc) is 3.50. The van der Waals surface area contributed by atoms with Gasteiger partial charge < -0.3 is 9.47 Å². The molecule has 2 heteroatoms. The minimum Gasteiger partial charge on any atom is -0.333 e.